The van der Waals surface area contributed by atoms with Crippen molar-refractivity contribution >= 4 is 6.09 Å². The molecule has 1 aromatic rings. The maximum Gasteiger partial charge on any atom is 0.407 e. The van der Waals surface area contributed by atoms with Crippen molar-refractivity contribution in [3.05, 3.63) is 29.6 Å². The van der Waals surface area contributed by atoms with Crippen LogP contribution in [0.1, 0.15) is 30.7 Å². The second-order valence-electron chi connectivity index (χ2n) is 5.15. The van der Waals surface area contributed by atoms with Gasteiger partial charge in [-0.2, -0.15) is 0 Å². The number of hydrogen-bond donors (Lipinski definition) is 2. The molecule has 2 rings (SSSR count). The van der Waals surface area contributed by atoms with Gasteiger partial charge >= 0.3 is 6.09 Å². The smallest absolute Gasteiger partial charge is 0.407 e. The van der Waals surface area contributed by atoms with Gasteiger partial charge in [0.25, 0.3) is 0 Å². The molecule has 22 heavy (non-hydrogen) atoms. The standard InChI is InChI=1S/C15H22N2O5/c18-11-13-5-3-4-12(16-13)10-17(15(19)20)7-9-22-14-6-1-2-8-21-14/h3-5,14,18H,1-2,6-11H2,(H,19,20). The van der Waals surface area contributed by atoms with Gasteiger partial charge in [-0.15, -0.1) is 0 Å². The highest BCUT2D eigenvalue weighted by Gasteiger charge is 2.17. The number of carbonyl (C=O) groups is 1. The van der Waals surface area contributed by atoms with Crippen LogP contribution in [0.25, 0.3) is 0 Å². The number of aliphatic hydroxyl groups excluding tert-OH is 1. The summed E-state index contributed by atoms with van der Waals surface area (Å²) in [5.74, 6) is 0. The molecule has 0 spiro atoms. The van der Waals surface area contributed by atoms with E-state index in [1.165, 1.54) is 4.90 Å². The van der Waals surface area contributed by atoms with Crippen LogP contribution in [0.15, 0.2) is 18.2 Å². The van der Waals surface area contributed by atoms with Crippen LogP contribution in [-0.4, -0.2) is 52.2 Å². The first-order chi connectivity index (χ1) is 10.7. The third-order valence-corrected chi connectivity index (χ3v) is 3.45. The molecule has 1 fully saturated rings. The first-order valence-corrected chi connectivity index (χ1v) is 7.46. The molecular weight excluding hydrogens is 288 g/mol. The molecular formula is C15H22N2O5. The van der Waals surface area contributed by atoms with E-state index >= 15 is 0 Å². The normalized spacial score (nSPS) is 18.1. The number of rotatable bonds is 7. The van der Waals surface area contributed by atoms with Crippen LogP contribution in [-0.2, 0) is 22.6 Å². The largest absolute Gasteiger partial charge is 0.465 e. The fourth-order valence-electron chi connectivity index (χ4n) is 2.28. The minimum atomic E-state index is -1.02. The monoisotopic (exact) mass is 310 g/mol. The van der Waals surface area contributed by atoms with Crippen molar-refractivity contribution in [2.75, 3.05) is 19.8 Å². The summed E-state index contributed by atoms with van der Waals surface area (Å²) in [5.41, 5.74) is 1.12. The summed E-state index contributed by atoms with van der Waals surface area (Å²) in [6.07, 6.45) is 1.73. The summed E-state index contributed by atoms with van der Waals surface area (Å²) in [4.78, 5) is 16.7. The van der Waals surface area contributed by atoms with Gasteiger partial charge in [0.1, 0.15) is 0 Å². The lowest BCUT2D eigenvalue weighted by atomic mass is 10.2. The van der Waals surface area contributed by atoms with Crippen LogP contribution in [0.5, 0.6) is 0 Å². The average Bonchev–Trinajstić information content (AvgIpc) is 2.55. The van der Waals surface area contributed by atoms with Crippen LogP contribution >= 0.6 is 0 Å². The zero-order chi connectivity index (χ0) is 15.8. The van der Waals surface area contributed by atoms with Crippen LogP contribution < -0.4 is 0 Å². The van der Waals surface area contributed by atoms with Gasteiger partial charge in [0.2, 0.25) is 0 Å². The quantitative estimate of drug-likeness (QED) is 0.794. The van der Waals surface area contributed by atoms with Gasteiger partial charge in [0.15, 0.2) is 6.29 Å². The second kappa shape index (κ2) is 8.67. The summed E-state index contributed by atoms with van der Waals surface area (Å²) >= 11 is 0. The van der Waals surface area contributed by atoms with Crippen molar-refractivity contribution in [2.24, 2.45) is 0 Å². The molecule has 1 aliphatic heterocycles. The summed E-state index contributed by atoms with van der Waals surface area (Å²) in [6, 6.07) is 5.18. The highest BCUT2D eigenvalue weighted by atomic mass is 16.7. The summed E-state index contributed by atoms with van der Waals surface area (Å²) in [5, 5.41) is 18.3. The molecule has 0 saturated carbocycles. The average molecular weight is 310 g/mol. The molecule has 122 valence electrons. The zero-order valence-electron chi connectivity index (χ0n) is 12.5. The first-order valence-electron chi connectivity index (χ1n) is 7.46. The van der Waals surface area contributed by atoms with Gasteiger partial charge in [-0.3, -0.25) is 4.98 Å². The lowest BCUT2D eigenvalue weighted by molar-refractivity contribution is -0.163. The lowest BCUT2D eigenvalue weighted by Crippen LogP contribution is -2.34. The minimum Gasteiger partial charge on any atom is -0.465 e. The molecule has 2 N–H and O–H groups in total. The Kier molecular flexibility index (Phi) is 6.57. The van der Waals surface area contributed by atoms with Crippen molar-refractivity contribution in [1.82, 2.24) is 9.88 Å². The van der Waals surface area contributed by atoms with Gasteiger partial charge in [0, 0.05) is 13.2 Å². The Labute approximate surface area is 129 Å². The minimum absolute atomic E-state index is 0.164. The Bertz CT molecular complexity index is 477. The Balaban J connectivity index is 1.82. The van der Waals surface area contributed by atoms with E-state index in [1.807, 2.05) is 0 Å². The van der Waals surface area contributed by atoms with Gasteiger partial charge < -0.3 is 24.6 Å². The lowest BCUT2D eigenvalue weighted by Gasteiger charge is -2.24. The van der Waals surface area contributed by atoms with E-state index < -0.39 is 6.09 Å². The Hall–Kier alpha value is -1.70. The van der Waals surface area contributed by atoms with Gasteiger partial charge in [-0.25, -0.2) is 4.79 Å². The fourth-order valence-corrected chi connectivity index (χ4v) is 2.28. The van der Waals surface area contributed by atoms with E-state index in [1.54, 1.807) is 18.2 Å². The number of pyridine rings is 1. The van der Waals surface area contributed by atoms with Crippen LogP contribution in [0.2, 0.25) is 0 Å². The molecule has 1 atom stereocenters. The molecule has 0 radical (unpaired) electrons. The topological polar surface area (TPSA) is 92.1 Å². The first kappa shape index (κ1) is 16.7. The molecule has 1 aromatic heterocycles. The molecule has 1 saturated heterocycles. The summed E-state index contributed by atoms with van der Waals surface area (Å²) in [6.45, 7) is 1.24. The van der Waals surface area contributed by atoms with Crippen LogP contribution in [0.3, 0.4) is 0 Å². The highest BCUT2D eigenvalue weighted by molar-refractivity contribution is 5.64. The number of amides is 1. The Morgan fingerprint density at radius 1 is 1.41 bits per heavy atom. The van der Waals surface area contributed by atoms with E-state index in [2.05, 4.69) is 4.98 Å². The molecule has 7 nitrogen and oxygen atoms in total. The van der Waals surface area contributed by atoms with Crippen molar-refractivity contribution in [2.45, 2.75) is 38.7 Å². The fraction of sp³-hybridized carbons (Fsp3) is 0.600. The number of hydrogen-bond acceptors (Lipinski definition) is 5. The third kappa shape index (κ3) is 5.25. The van der Waals surface area contributed by atoms with Crippen molar-refractivity contribution in [3.63, 3.8) is 0 Å². The molecule has 1 amide bonds. The predicted molar refractivity (Wildman–Crippen MR) is 78.1 cm³/mol. The maximum absolute atomic E-state index is 11.3. The molecule has 0 aliphatic carbocycles. The second-order valence-corrected chi connectivity index (χ2v) is 5.15. The molecule has 1 unspecified atom stereocenters. The van der Waals surface area contributed by atoms with Crippen LogP contribution in [0.4, 0.5) is 4.79 Å². The highest BCUT2D eigenvalue weighted by Crippen LogP contribution is 2.13. The molecule has 1 aliphatic rings. The van der Waals surface area contributed by atoms with E-state index in [0.717, 1.165) is 19.3 Å². The number of aliphatic hydroxyl groups is 1. The Morgan fingerprint density at radius 2 is 2.23 bits per heavy atom. The van der Waals surface area contributed by atoms with Crippen LogP contribution in [0, 0.1) is 0 Å². The van der Waals surface area contributed by atoms with Crippen molar-refractivity contribution in [3.8, 4) is 0 Å². The van der Waals surface area contributed by atoms with Crippen molar-refractivity contribution in [1.29, 1.82) is 0 Å². The molecule has 7 heteroatoms. The SMILES string of the molecule is O=C(O)N(CCOC1CCCCO1)Cc1cccc(CO)n1. The predicted octanol–water partition coefficient (Wildman–Crippen LogP) is 1.60. The van der Waals surface area contributed by atoms with Gasteiger partial charge in [0.05, 0.1) is 31.1 Å². The summed E-state index contributed by atoms with van der Waals surface area (Å²) in [7, 11) is 0. The summed E-state index contributed by atoms with van der Waals surface area (Å²) < 4.78 is 11.0. The number of aromatic nitrogens is 1. The van der Waals surface area contributed by atoms with E-state index in [4.69, 9.17) is 14.6 Å². The van der Waals surface area contributed by atoms with E-state index in [9.17, 15) is 9.90 Å². The Morgan fingerprint density at radius 3 is 2.91 bits per heavy atom. The number of carboxylic acid groups (broad SMARTS) is 1. The molecule has 0 aromatic carbocycles. The van der Waals surface area contributed by atoms with Gasteiger partial charge in [-0.05, 0) is 31.4 Å². The third-order valence-electron chi connectivity index (χ3n) is 3.45. The van der Waals surface area contributed by atoms with Crippen molar-refractivity contribution < 1.29 is 24.5 Å². The molecule has 2 heterocycles. The van der Waals surface area contributed by atoms with E-state index in [-0.39, 0.29) is 32.6 Å². The number of ether oxygens (including phenoxy) is 2. The molecule has 0 bridgehead atoms. The zero-order valence-corrected chi connectivity index (χ0v) is 12.5. The maximum atomic E-state index is 11.3. The number of nitrogens with zero attached hydrogens (tertiary/aromatic N) is 2. The van der Waals surface area contributed by atoms with Gasteiger partial charge in [-0.1, -0.05) is 6.07 Å². The van der Waals surface area contributed by atoms with E-state index in [0.29, 0.717) is 18.0 Å².